The highest BCUT2D eigenvalue weighted by atomic mass is 35.5. The molecule has 0 saturated carbocycles. The average molecular weight is 411 g/mol. The quantitative estimate of drug-likeness (QED) is 0.407. The molecule has 2 rings (SSSR count). The number of hydrogen-bond acceptors (Lipinski definition) is 7. The molecule has 0 aromatic heterocycles. The molecule has 9 heteroatoms. The molecular weight excluding hydrogens is 380 g/mol. The van der Waals surface area contributed by atoms with Crippen molar-refractivity contribution in [2.75, 3.05) is 12.8 Å². The maximum absolute atomic E-state index is 12.7. The molecule has 9 unspecified atom stereocenters. The van der Waals surface area contributed by atoms with Crippen molar-refractivity contribution in [2.45, 2.75) is 80.4 Å². The zero-order valence-electron chi connectivity index (χ0n) is 15.5. The maximum atomic E-state index is 12.7. The SMILES string of the molecule is CSC1OC(C(NC(=O)C2CCC(C)CCN2)C(C)Cl)C(O)C(O)C1O. The molecule has 0 aromatic rings. The highest BCUT2D eigenvalue weighted by molar-refractivity contribution is 7.99. The number of amides is 1. The van der Waals surface area contributed by atoms with Gasteiger partial charge in [-0.2, -0.15) is 0 Å². The molecule has 2 saturated heterocycles. The van der Waals surface area contributed by atoms with Gasteiger partial charge in [0.25, 0.3) is 0 Å². The average Bonchev–Trinajstić information content (AvgIpc) is 2.82. The zero-order chi connectivity index (χ0) is 19.4. The minimum absolute atomic E-state index is 0.186. The largest absolute Gasteiger partial charge is 0.388 e. The lowest BCUT2D eigenvalue weighted by atomic mass is 9.92. The van der Waals surface area contributed by atoms with Crippen LogP contribution in [-0.4, -0.2) is 81.3 Å². The fraction of sp³-hybridized carbons (Fsp3) is 0.941. The zero-order valence-corrected chi connectivity index (χ0v) is 17.0. The number of halogens is 1. The van der Waals surface area contributed by atoms with E-state index >= 15 is 0 Å². The summed E-state index contributed by atoms with van der Waals surface area (Å²) in [4.78, 5) is 12.7. The highest BCUT2D eigenvalue weighted by Crippen LogP contribution is 2.30. The van der Waals surface area contributed by atoms with Crippen LogP contribution in [-0.2, 0) is 9.53 Å². The second-order valence-corrected chi connectivity index (χ2v) is 8.99. The molecule has 0 aromatic carbocycles. The summed E-state index contributed by atoms with van der Waals surface area (Å²) in [7, 11) is 0. The molecule has 26 heavy (non-hydrogen) atoms. The fourth-order valence-electron chi connectivity index (χ4n) is 3.51. The number of alkyl halides is 1. The van der Waals surface area contributed by atoms with Gasteiger partial charge in [-0.25, -0.2) is 0 Å². The summed E-state index contributed by atoms with van der Waals surface area (Å²) in [6, 6.07) is -1.01. The third kappa shape index (κ3) is 5.25. The van der Waals surface area contributed by atoms with Gasteiger partial charge in [0.1, 0.15) is 29.9 Å². The number of ether oxygens (including phenoxy) is 1. The number of carbonyl (C=O) groups is 1. The molecular formula is C17H31ClN2O5S. The Kier molecular flexibility index (Phi) is 8.46. The Labute approximate surface area is 164 Å². The summed E-state index contributed by atoms with van der Waals surface area (Å²) in [5.74, 6) is 0.388. The summed E-state index contributed by atoms with van der Waals surface area (Å²) in [6.45, 7) is 4.66. The van der Waals surface area contributed by atoms with Crippen LogP contribution in [0.25, 0.3) is 0 Å². The van der Waals surface area contributed by atoms with Crippen LogP contribution in [0.2, 0.25) is 0 Å². The van der Waals surface area contributed by atoms with Crippen LogP contribution in [0.3, 0.4) is 0 Å². The van der Waals surface area contributed by atoms with E-state index in [9.17, 15) is 20.1 Å². The number of hydrogen-bond donors (Lipinski definition) is 5. The first-order valence-corrected chi connectivity index (χ1v) is 10.9. The highest BCUT2D eigenvalue weighted by Gasteiger charge is 2.48. The molecule has 7 nitrogen and oxygen atoms in total. The lowest BCUT2D eigenvalue weighted by Crippen LogP contribution is -2.65. The smallest absolute Gasteiger partial charge is 0.237 e. The van der Waals surface area contributed by atoms with E-state index in [1.165, 1.54) is 11.8 Å². The van der Waals surface area contributed by atoms with Gasteiger partial charge >= 0.3 is 0 Å². The van der Waals surface area contributed by atoms with Crippen molar-refractivity contribution in [3.05, 3.63) is 0 Å². The number of nitrogens with one attached hydrogen (secondary N) is 2. The predicted molar refractivity (Wildman–Crippen MR) is 102 cm³/mol. The predicted octanol–water partition coefficient (Wildman–Crippen LogP) is 0.0473. The molecule has 0 radical (unpaired) electrons. The van der Waals surface area contributed by atoms with Crippen molar-refractivity contribution in [2.24, 2.45) is 5.92 Å². The van der Waals surface area contributed by atoms with Gasteiger partial charge in [0.05, 0.1) is 17.5 Å². The molecule has 0 spiro atoms. The van der Waals surface area contributed by atoms with Gasteiger partial charge in [0.2, 0.25) is 5.91 Å². The second-order valence-electron chi connectivity index (χ2n) is 7.37. The molecule has 1 amide bonds. The first kappa shape index (κ1) is 22.2. The van der Waals surface area contributed by atoms with Gasteiger partial charge in [-0.05, 0) is 44.9 Å². The van der Waals surface area contributed by atoms with Gasteiger partial charge in [0.15, 0.2) is 0 Å². The topological polar surface area (TPSA) is 111 Å². The Bertz CT molecular complexity index is 470. The van der Waals surface area contributed by atoms with E-state index in [1.54, 1.807) is 13.2 Å². The van der Waals surface area contributed by atoms with Gasteiger partial charge < -0.3 is 30.7 Å². The molecule has 0 aliphatic carbocycles. The summed E-state index contributed by atoms with van der Waals surface area (Å²) < 4.78 is 5.77. The minimum Gasteiger partial charge on any atom is -0.388 e. The van der Waals surface area contributed by atoms with Gasteiger partial charge in [-0.1, -0.05) is 6.92 Å². The third-order valence-corrected chi connectivity index (χ3v) is 6.42. The Hall–Kier alpha value is -0.0900. The van der Waals surface area contributed by atoms with E-state index in [4.69, 9.17) is 16.3 Å². The van der Waals surface area contributed by atoms with Gasteiger partial charge in [-0.3, -0.25) is 4.79 Å². The minimum atomic E-state index is -1.36. The van der Waals surface area contributed by atoms with E-state index in [0.717, 1.165) is 25.8 Å². The molecule has 5 N–H and O–H groups in total. The Morgan fingerprint density at radius 2 is 1.92 bits per heavy atom. The van der Waals surface area contributed by atoms with E-state index in [0.29, 0.717) is 5.92 Å². The maximum Gasteiger partial charge on any atom is 0.237 e. The monoisotopic (exact) mass is 410 g/mol. The molecule has 0 bridgehead atoms. The number of aliphatic hydroxyl groups is 3. The van der Waals surface area contributed by atoms with Crippen LogP contribution in [0, 0.1) is 5.92 Å². The van der Waals surface area contributed by atoms with E-state index in [1.807, 2.05) is 0 Å². The molecule has 152 valence electrons. The van der Waals surface area contributed by atoms with E-state index in [2.05, 4.69) is 17.6 Å². The lowest BCUT2D eigenvalue weighted by molar-refractivity contribution is -0.205. The van der Waals surface area contributed by atoms with Gasteiger partial charge in [-0.15, -0.1) is 23.4 Å². The number of carbonyl (C=O) groups excluding carboxylic acids is 1. The van der Waals surface area contributed by atoms with E-state index in [-0.39, 0.29) is 11.9 Å². The number of aliphatic hydroxyl groups excluding tert-OH is 3. The summed E-state index contributed by atoms with van der Waals surface area (Å²) in [6.07, 6.45) is -0.352. The van der Waals surface area contributed by atoms with Crippen molar-refractivity contribution in [3.63, 3.8) is 0 Å². The summed E-state index contributed by atoms with van der Waals surface area (Å²) >= 11 is 7.51. The summed E-state index contributed by atoms with van der Waals surface area (Å²) in [5.41, 5.74) is -0.704. The standard InChI is InChI=1S/C17H31ClN2O5S/c1-8-4-5-10(19-7-6-8)16(24)20-11(9(2)18)15-13(22)12(21)14(23)17(25-15)26-3/h8-15,17,19,21-23H,4-7H2,1-3H3,(H,20,24). The number of thioether (sulfide) groups is 1. The van der Waals surface area contributed by atoms with Crippen LogP contribution in [0.1, 0.15) is 33.1 Å². The normalized spacial score (nSPS) is 41.1. The molecule has 9 atom stereocenters. The number of rotatable bonds is 5. The molecule has 2 heterocycles. The van der Waals surface area contributed by atoms with Crippen LogP contribution < -0.4 is 10.6 Å². The second kappa shape index (κ2) is 9.91. The van der Waals surface area contributed by atoms with Crippen LogP contribution in [0.5, 0.6) is 0 Å². The van der Waals surface area contributed by atoms with E-state index < -0.39 is 41.3 Å². The van der Waals surface area contributed by atoms with Crippen molar-refractivity contribution >= 4 is 29.3 Å². The molecule has 2 aliphatic heterocycles. The van der Waals surface area contributed by atoms with Crippen LogP contribution in [0.4, 0.5) is 0 Å². The van der Waals surface area contributed by atoms with Crippen LogP contribution >= 0.6 is 23.4 Å². The first-order valence-electron chi connectivity index (χ1n) is 9.16. The van der Waals surface area contributed by atoms with Crippen LogP contribution in [0.15, 0.2) is 0 Å². The Morgan fingerprint density at radius 3 is 2.54 bits per heavy atom. The van der Waals surface area contributed by atoms with Crippen molar-refractivity contribution < 1.29 is 24.9 Å². The van der Waals surface area contributed by atoms with Gasteiger partial charge in [0, 0.05) is 0 Å². The lowest BCUT2D eigenvalue weighted by Gasteiger charge is -2.44. The van der Waals surface area contributed by atoms with Crippen molar-refractivity contribution in [1.29, 1.82) is 0 Å². The molecule has 2 fully saturated rings. The first-order chi connectivity index (χ1) is 12.3. The van der Waals surface area contributed by atoms with Crippen molar-refractivity contribution in [3.8, 4) is 0 Å². The van der Waals surface area contributed by atoms with Crippen molar-refractivity contribution in [1.82, 2.24) is 10.6 Å². The molecule has 2 aliphatic rings. The third-order valence-electron chi connectivity index (χ3n) is 5.29. The Morgan fingerprint density at radius 1 is 1.23 bits per heavy atom. The fourth-order valence-corrected chi connectivity index (χ4v) is 4.40. The summed E-state index contributed by atoms with van der Waals surface area (Å²) in [5, 5.41) is 36.1. The Balaban J connectivity index is 2.08.